The smallest absolute Gasteiger partial charge is 0.334 e. The van der Waals surface area contributed by atoms with Gasteiger partial charge in [0.1, 0.15) is 11.5 Å². The first-order chi connectivity index (χ1) is 11.8. The van der Waals surface area contributed by atoms with E-state index >= 15 is 0 Å². The van der Waals surface area contributed by atoms with Gasteiger partial charge in [0.2, 0.25) is 0 Å². The summed E-state index contributed by atoms with van der Waals surface area (Å²) < 4.78 is 51.2. The number of hydrogen-bond acceptors (Lipinski definition) is 2. The largest absolute Gasteiger partial charge is 0.433 e. The number of halogens is 4. The first kappa shape index (κ1) is 17.2. The molecule has 1 aromatic carbocycles. The number of hydrogen-bond donors (Lipinski definition) is 2. The Bertz CT molecular complexity index is 792. The van der Waals surface area contributed by atoms with Crippen molar-refractivity contribution in [2.45, 2.75) is 31.6 Å². The van der Waals surface area contributed by atoms with Gasteiger partial charge in [0.25, 0.3) is 0 Å². The van der Waals surface area contributed by atoms with Gasteiger partial charge in [-0.1, -0.05) is 6.07 Å². The van der Waals surface area contributed by atoms with Crippen LogP contribution in [0.2, 0.25) is 0 Å². The number of nitrogens with one attached hydrogen (secondary N) is 2. The first-order valence-electron chi connectivity index (χ1n) is 7.68. The lowest BCUT2D eigenvalue weighted by atomic mass is 10.1. The van der Waals surface area contributed by atoms with Crippen LogP contribution in [0.15, 0.2) is 36.5 Å². The van der Waals surface area contributed by atoms with Crippen LogP contribution in [0.1, 0.15) is 34.8 Å². The monoisotopic (exact) mass is 353 g/mol. The van der Waals surface area contributed by atoms with Crippen LogP contribution in [0.25, 0.3) is 0 Å². The minimum Gasteiger partial charge on any atom is -0.334 e. The highest BCUT2D eigenvalue weighted by Crippen LogP contribution is 2.31. The van der Waals surface area contributed by atoms with E-state index in [1.165, 1.54) is 18.2 Å². The number of alkyl halides is 3. The third kappa shape index (κ3) is 4.07. The van der Waals surface area contributed by atoms with Crippen LogP contribution in [0, 0.1) is 5.82 Å². The lowest BCUT2D eigenvalue weighted by Gasteiger charge is -2.15. The molecule has 2 amide bonds. The molecule has 2 N–H and O–H groups in total. The number of carbonyl (C=O) groups is 1. The van der Waals surface area contributed by atoms with Crippen molar-refractivity contribution in [3.8, 4) is 0 Å². The number of aryl methyl sites for hydroxylation is 1. The fraction of sp³-hybridized carbons (Fsp3) is 0.294. The van der Waals surface area contributed by atoms with Crippen molar-refractivity contribution in [3.63, 3.8) is 0 Å². The van der Waals surface area contributed by atoms with Crippen molar-refractivity contribution in [1.29, 1.82) is 0 Å². The van der Waals surface area contributed by atoms with E-state index in [4.69, 9.17) is 0 Å². The van der Waals surface area contributed by atoms with Crippen molar-refractivity contribution in [1.82, 2.24) is 15.6 Å². The van der Waals surface area contributed by atoms with Gasteiger partial charge in [-0.3, -0.25) is 4.98 Å². The molecule has 1 aliphatic rings. The fourth-order valence-corrected chi connectivity index (χ4v) is 2.85. The zero-order valence-corrected chi connectivity index (χ0v) is 13.0. The summed E-state index contributed by atoms with van der Waals surface area (Å²) in [5.41, 5.74) is 0.997. The summed E-state index contributed by atoms with van der Waals surface area (Å²) in [6.07, 6.45) is -2.09. The molecule has 1 aromatic heterocycles. The topological polar surface area (TPSA) is 54.0 Å². The van der Waals surface area contributed by atoms with E-state index in [0.717, 1.165) is 29.8 Å². The van der Waals surface area contributed by atoms with Crippen LogP contribution in [0.5, 0.6) is 0 Å². The number of pyridine rings is 1. The second kappa shape index (κ2) is 6.70. The van der Waals surface area contributed by atoms with Crippen molar-refractivity contribution in [3.05, 3.63) is 64.7 Å². The lowest BCUT2D eigenvalue weighted by Crippen LogP contribution is -2.37. The molecule has 0 spiro atoms. The number of amides is 2. The molecule has 0 saturated carbocycles. The summed E-state index contributed by atoms with van der Waals surface area (Å²) in [5, 5.41) is 5.23. The van der Waals surface area contributed by atoms with Crippen molar-refractivity contribution >= 4 is 6.03 Å². The molecule has 0 unspecified atom stereocenters. The highest BCUT2D eigenvalue weighted by molar-refractivity contribution is 5.74. The van der Waals surface area contributed by atoms with E-state index in [1.807, 2.05) is 0 Å². The minimum atomic E-state index is -4.53. The zero-order chi connectivity index (χ0) is 18.0. The van der Waals surface area contributed by atoms with Gasteiger partial charge in [-0.2, -0.15) is 13.2 Å². The molecule has 0 aliphatic heterocycles. The van der Waals surface area contributed by atoms with E-state index in [9.17, 15) is 22.4 Å². The second-order valence-corrected chi connectivity index (χ2v) is 5.81. The number of aromatic nitrogens is 1. The molecule has 0 bridgehead atoms. The molecule has 0 radical (unpaired) electrons. The van der Waals surface area contributed by atoms with E-state index < -0.39 is 17.9 Å². The Kier molecular flexibility index (Phi) is 4.61. The Hall–Kier alpha value is -2.64. The number of urea groups is 1. The standard InChI is InChI=1S/C17H15F4N3O/c18-12-3-1-11-2-4-14(13(11)8-12)24-16(25)23-9-10-5-6-22-15(7-10)17(19,20)21/h1,3,5-8,14H,2,4,9H2,(H2,23,24,25)/t14-/m1/s1. The summed E-state index contributed by atoms with van der Waals surface area (Å²) in [6, 6.07) is 5.92. The summed E-state index contributed by atoms with van der Waals surface area (Å²) in [5.74, 6) is -0.371. The van der Waals surface area contributed by atoms with E-state index in [2.05, 4.69) is 15.6 Å². The molecule has 1 atom stereocenters. The predicted octanol–water partition coefficient (Wildman–Crippen LogP) is 3.73. The van der Waals surface area contributed by atoms with Crippen molar-refractivity contribution in [2.75, 3.05) is 0 Å². The Morgan fingerprint density at radius 1 is 1.24 bits per heavy atom. The molecule has 2 aromatic rings. The maximum Gasteiger partial charge on any atom is 0.433 e. The summed E-state index contributed by atoms with van der Waals surface area (Å²) >= 11 is 0. The van der Waals surface area contributed by atoms with Gasteiger partial charge >= 0.3 is 12.2 Å². The molecule has 25 heavy (non-hydrogen) atoms. The molecule has 132 valence electrons. The Morgan fingerprint density at radius 2 is 2.04 bits per heavy atom. The van der Waals surface area contributed by atoms with Gasteiger partial charge < -0.3 is 10.6 Å². The number of carbonyl (C=O) groups excluding carboxylic acids is 1. The lowest BCUT2D eigenvalue weighted by molar-refractivity contribution is -0.141. The van der Waals surface area contributed by atoms with Gasteiger partial charge in [-0.25, -0.2) is 9.18 Å². The molecule has 3 rings (SSSR count). The van der Waals surface area contributed by atoms with Gasteiger partial charge in [0.05, 0.1) is 6.04 Å². The SMILES string of the molecule is O=C(NCc1ccnc(C(F)(F)F)c1)N[C@@H]1CCc2ccc(F)cc21. The number of fused-ring (bicyclic) bond motifs is 1. The molecule has 1 heterocycles. The van der Waals surface area contributed by atoms with Crippen molar-refractivity contribution < 1.29 is 22.4 Å². The second-order valence-electron chi connectivity index (χ2n) is 5.81. The van der Waals surface area contributed by atoms with Crippen LogP contribution in [0.3, 0.4) is 0 Å². The maximum absolute atomic E-state index is 13.4. The molecule has 8 heteroatoms. The van der Waals surface area contributed by atoms with Crippen molar-refractivity contribution in [2.24, 2.45) is 0 Å². The summed E-state index contributed by atoms with van der Waals surface area (Å²) in [6.45, 7) is -0.0693. The number of nitrogens with zero attached hydrogens (tertiary/aromatic N) is 1. The Morgan fingerprint density at radius 3 is 2.80 bits per heavy atom. The average Bonchev–Trinajstić information content (AvgIpc) is 2.94. The molecule has 0 fully saturated rings. The molecular weight excluding hydrogens is 338 g/mol. The molecule has 0 saturated heterocycles. The maximum atomic E-state index is 13.4. The van der Waals surface area contributed by atoms with Gasteiger partial charge in [-0.05, 0) is 53.8 Å². The third-order valence-electron chi connectivity index (χ3n) is 4.06. The summed E-state index contributed by atoms with van der Waals surface area (Å²) in [7, 11) is 0. The van der Waals surface area contributed by atoms with E-state index in [1.54, 1.807) is 6.07 Å². The highest BCUT2D eigenvalue weighted by atomic mass is 19.4. The first-order valence-corrected chi connectivity index (χ1v) is 7.68. The Balaban J connectivity index is 1.59. The highest BCUT2D eigenvalue weighted by Gasteiger charge is 2.32. The Labute approximate surface area is 141 Å². The van der Waals surface area contributed by atoms with Crippen LogP contribution in [0.4, 0.5) is 22.4 Å². The number of benzene rings is 1. The molecular formula is C17H15F4N3O. The average molecular weight is 353 g/mol. The van der Waals surface area contributed by atoms with E-state index in [0.29, 0.717) is 6.42 Å². The van der Waals surface area contributed by atoms with Gasteiger partial charge in [0, 0.05) is 12.7 Å². The normalized spacial score (nSPS) is 16.4. The third-order valence-corrected chi connectivity index (χ3v) is 4.06. The quantitative estimate of drug-likeness (QED) is 0.827. The minimum absolute atomic E-state index is 0.0693. The molecule has 4 nitrogen and oxygen atoms in total. The van der Waals surface area contributed by atoms with Crippen LogP contribution >= 0.6 is 0 Å². The van der Waals surface area contributed by atoms with Crippen LogP contribution in [-0.2, 0) is 19.1 Å². The van der Waals surface area contributed by atoms with Crippen LogP contribution in [-0.4, -0.2) is 11.0 Å². The fourth-order valence-electron chi connectivity index (χ4n) is 2.85. The predicted molar refractivity (Wildman–Crippen MR) is 82.1 cm³/mol. The van der Waals surface area contributed by atoms with Gasteiger partial charge in [-0.15, -0.1) is 0 Å². The molecule has 1 aliphatic carbocycles. The van der Waals surface area contributed by atoms with Crippen LogP contribution < -0.4 is 10.6 Å². The van der Waals surface area contributed by atoms with E-state index in [-0.39, 0.29) is 24.0 Å². The zero-order valence-electron chi connectivity index (χ0n) is 13.0. The van der Waals surface area contributed by atoms with Gasteiger partial charge in [0.15, 0.2) is 0 Å². The number of rotatable bonds is 3. The summed E-state index contributed by atoms with van der Waals surface area (Å²) in [4.78, 5) is 15.3.